The number of rotatable bonds is 9. The summed E-state index contributed by atoms with van der Waals surface area (Å²) < 4.78 is 5.43. The molecule has 1 aromatic carbocycles. The summed E-state index contributed by atoms with van der Waals surface area (Å²) in [5.41, 5.74) is 7.20. The highest BCUT2D eigenvalue weighted by atomic mass is 16.5. The molecule has 0 amide bonds. The molecule has 3 nitrogen and oxygen atoms in total. The van der Waals surface area contributed by atoms with Crippen LogP contribution in [0.15, 0.2) is 24.3 Å². The average Bonchev–Trinajstić information content (AvgIpc) is 2.48. The zero-order valence-corrected chi connectivity index (χ0v) is 13.4. The molecule has 0 spiro atoms. The molecular weight excluding hydrogens is 248 g/mol. The number of para-hydroxylation sites is 1. The first-order valence-electron chi connectivity index (χ1n) is 7.67. The normalized spacial score (nSPS) is 14.3. The largest absolute Gasteiger partial charge is 0.496 e. The van der Waals surface area contributed by atoms with Crippen LogP contribution < -0.4 is 10.5 Å². The lowest BCUT2D eigenvalue weighted by Gasteiger charge is -2.33. The number of nitrogens with zero attached hydrogens (tertiary/aromatic N) is 1. The lowest BCUT2D eigenvalue weighted by molar-refractivity contribution is 0.175. The molecule has 114 valence electrons. The van der Waals surface area contributed by atoms with E-state index >= 15 is 0 Å². The van der Waals surface area contributed by atoms with Crippen LogP contribution in [0.5, 0.6) is 5.75 Å². The predicted molar refractivity (Wildman–Crippen MR) is 86.3 cm³/mol. The predicted octanol–water partition coefficient (Wildman–Crippen LogP) is 3.08. The summed E-state index contributed by atoms with van der Waals surface area (Å²) in [5, 5.41) is 0. The first-order valence-corrected chi connectivity index (χ1v) is 7.67. The number of likely N-dealkylation sites (N-methyl/N-ethyl adjacent to an activating group) is 1. The Morgan fingerprint density at radius 2 is 2.00 bits per heavy atom. The Labute approximate surface area is 124 Å². The topological polar surface area (TPSA) is 38.5 Å². The van der Waals surface area contributed by atoms with Crippen molar-refractivity contribution in [2.75, 3.05) is 20.7 Å². The minimum atomic E-state index is 0.455. The van der Waals surface area contributed by atoms with Gasteiger partial charge in [0.15, 0.2) is 0 Å². The molecule has 1 aromatic rings. The van der Waals surface area contributed by atoms with E-state index in [1.165, 1.54) is 24.8 Å². The molecule has 0 saturated carbocycles. The Kier molecular flexibility index (Phi) is 7.63. The molecule has 0 heterocycles. The number of hydrogen-bond acceptors (Lipinski definition) is 3. The maximum atomic E-state index is 5.94. The second-order valence-electron chi connectivity index (χ2n) is 5.56. The highest BCUT2D eigenvalue weighted by Crippen LogP contribution is 2.21. The van der Waals surface area contributed by atoms with Gasteiger partial charge in [0.1, 0.15) is 5.75 Å². The van der Waals surface area contributed by atoms with Crippen molar-refractivity contribution in [3.63, 3.8) is 0 Å². The number of hydrogen-bond donors (Lipinski definition) is 1. The highest BCUT2D eigenvalue weighted by Gasteiger charge is 2.19. The third-order valence-electron chi connectivity index (χ3n) is 4.14. The molecule has 0 aromatic heterocycles. The summed E-state index contributed by atoms with van der Waals surface area (Å²) >= 11 is 0. The quantitative estimate of drug-likeness (QED) is 0.754. The van der Waals surface area contributed by atoms with Gasteiger partial charge in [-0.05, 0) is 38.4 Å². The molecule has 0 saturated heterocycles. The van der Waals surface area contributed by atoms with Gasteiger partial charge in [0, 0.05) is 18.6 Å². The van der Waals surface area contributed by atoms with Crippen LogP contribution in [-0.2, 0) is 6.42 Å². The maximum Gasteiger partial charge on any atom is 0.122 e. The lowest BCUT2D eigenvalue weighted by Crippen LogP contribution is -2.44. The van der Waals surface area contributed by atoms with E-state index in [-0.39, 0.29) is 0 Å². The van der Waals surface area contributed by atoms with E-state index < -0.39 is 0 Å². The summed E-state index contributed by atoms with van der Waals surface area (Å²) in [4.78, 5) is 2.42. The Balaban J connectivity index is 2.66. The van der Waals surface area contributed by atoms with Gasteiger partial charge in [0.2, 0.25) is 0 Å². The smallest absolute Gasteiger partial charge is 0.122 e. The average molecular weight is 278 g/mol. The summed E-state index contributed by atoms with van der Waals surface area (Å²) in [6.07, 6.45) is 4.64. The third-order valence-corrected chi connectivity index (χ3v) is 4.14. The van der Waals surface area contributed by atoms with Crippen molar-refractivity contribution >= 4 is 0 Å². The van der Waals surface area contributed by atoms with Gasteiger partial charge < -0.3 is 10.5 Å². The van der Waals surface area contributed by atoms with E-state index in [0.717, 1.165) is 18.7 Å². The number of unbranched alkanes of at least 4 members (excludes halogenated alkanes) is 1. The van der Waals surface area contributed by atoms with Crippen LogP contribution in [0.3, 0.4) is 0 Å². The van der Waals surface area contributed by atoms with Crippen LogP contribution >= 0.6 is 0 Å². The molecule has 0 bridgehead atoms. The van der Waals surface area contributed by atoms with Crippen LogP contribution in [0.1, 0.15) is 38.7 Å². The Morgan fingerprint density at radius 1 is 1.30 bits per heavy atom. The first-order chi connectivity index (χ1) is 9.63. The van der Waals surface area contributed by atoms with Crippen LogP contribution in [0.4, 0.5) is 0 Å². The van der Waals surface area contributed by atoms with Crippen molar-refractivity contribution in [1.82, 2.24) is 4.90 Å². The first kappa shape index (κ1) is 17.0. The Morgan fingerprint density at radius 3 is 2.60 bits per heavy atom. The van der Waals surface area contributed by atoms with Gasteiger partial charge in [-0.15, -0.1) is 0 Å². The molecule has 1 rings (SSSR count). The van der Waals surface area contributed by atoms with E-state index in [1.807, 2.05) is 12.1 Å². The van der Waals surface area contributed by atoms with Gasteiger partial charge >= 0.3 is 0 Å². The van der Waals surface area contributed by atoms with Gasteiger partial charge in [-0.3, -0.25) is 4.90 Å². The van der Waals surface area contributed by atoms with Crippen LogP contribution in [0.2, 0.25) is 0 Å². The van der Waals surface area contributed by atoms with Gasteiger partial charge in [-0.1, -0.05) is 38.0 Å². The number of ether oxygens (including phenoxy) is 1. The SMILES string of the molecule is CCCCC(CN)N(C)C(C)Cc1ccccc1OC. The van der Waals surface area contributed by atoms with Crippen molar-refractivity contribution in [2.24, 2.45) is 5.73 Å². The Hall–Kier alpha value is -1.06. The van der Waals surface area contributed by atoms with Gasteiger partial charge in [0.25, 0.3) is 0 Å². The summed E-state index contributed by atoms with van der Waals surface area (Å²) in [6.45, 7) is 5.22. The van der Waals surface area contributed by atoms with Gasteiger partial charge in [-0.2, -0.15) is 0 Å². The van der Waals surface area contributed by atoms with Gasteiger partial charge in [0.05, 0.1) is 7.11 Å². The monoisotopic (exact) mass is 278 g/mol. The van der Waals surface area contributed by atoms with Crippen LogP contribution in [-0.4, -0.2) is 37.7 Å². The minimum absolute atomic E-state index is 0.455. The molecule has 0 aliphatic carbocycles. The maximum absolute atomic E-state index is 5.94. The molecule has 0 aliphatic rings. The number of methoxy groups -OCH3 is 1. The van der Waals surface area contributed by atoms with E-state index in [9.17, 15) is 0 Å². The van der Waals surface area contributed by atoms with E-state index in [0.29, 0.717) is 12.1 Å². The Bertz CT molecular complexity index is 381. The molecule has 3 heteroatoms. The van der Waals surface area contributed by atoms with Crippen molar-refractivity contribution in [2.45, 2.75) is 51.6 Å². The molecular formula is C17H30N2O. The second-order valence-corrected chi connectivity index (χ2v) is 5.56. The summed E-state index contributed by atoms with van der Waals surface area (Å²) in [5.74, 6) is 0.977. The number of benzene rings is 1. The second kappa shape index (κ2) is 8.98. The minimum Gasteiger partial charge on any atom is -0.496 e. The fourth-order valence-electron chi connectivity index (χ4n) is 2.62. The fraction of sp³-hybridized carbons (Fsp3) is 0.647. The third kappa shape index (κ3) is 4.80. The highest BCUT2D eigenvalue weighted by molar-refractivity contribution is 5.33. The van der Waals surface area contributed by atoms with Gasteiger partial charge in [-0.25, -0.2) is 0 Å². The van der Waals surface area contributed by atoms with E-state index in [1.54, 1.807) is 7.11 Å². The fourth-order valence-corrected chi connectivity index (χ4v) is 2.62. The van der Waals surface area contributed by atoms with Crippen molar-refractivity contribution in [1.29, 1.82) is 0 Å². The molecule has 2 atom stereocenters. The van der Waals surface area contributed by atoms with Crippen LogP contribution in [0, 0.1) is 0 Å². The lowest BCUT2D eigenvalue weighted by atomic mass is 10.0. The zero-order chi connectivity index (χ0) is 15.0. The standard InChI is InChI=1S/C17H30N2O/c1-5-6-10-16(13-18)19(3)14(2)12-15-9-7-8-11-17(15)20-4/h7-9,11,14,16H,5-6,10,12-13,18H2,1-4H3. The molecule has 2 N–H and O–H groups in total. The molecule has 0 fully saturated rings. The number of nitrogens with two attached hydrogens (primary N) is 1. The molecule has 2 unspecified atom stereocenters. The van der Waals surface area contributed by atoms with Crippen molar-refractivity contribution < 1.29 is 4.74 Å². The summed E-state index contributed by atoms with van der Waals surface area (Å²) in [7, 11) is 3.92. The van der Waals surface area contributed by atoms with Crippen LogP contribution in [0.25, 0.3) is 0 Å². The molecule has 20 heavy (non-hydrogen) atoms. The van der Waals surface area contributed by atoms with Crippen molar-refractivity contribution in [3.05, 3.63) is 29.8 Å². The molecule has 0 radical (unpaired) electrons. The summed E-state index contributed by atoms with van der Waals surface area (Å²) in [6, 6.07) is 9.19. The molecule has 0 aliphatic heterocycles. The van der Waals surface area contributed by atoms with Crippen molar-refractivity contribution in [3.8, 4) is 5.75 Å². The van der Waals surface area contributed by atoms with E-state index in [2.05, 4.69) is 37.9 Å². The zero-order valence-electron chi connectivity index (χ0n) is 13.4. The van der Waals surface area contributed by atoms with E-state index in [4.69, 9.17) is 10.5 Å².